The number of hydrogen-bond acceptors (Lipinski definition) is 14. The first-order valence-corrected chi connectivity index (χ1v) is 28.2. The SMILES string of the molecule is CCC(NC(=S)Nc1nccs1)c1ccccc1.S=C(NCC12CC3CC(CC(C3)C1)C2)Nc1nccs1.S=C(NCCCn1ccnc1)Nc1nccs1.S=C(NCc1ccco1)Nc1nccs1. The average molecular weight is 1090 g/mol. The standard InChI is InChI=1S/C15H21N3S2.C13H15N3S2.C10H13N5S2.C9H9N3OS2/c19-13(18-14-16-1-2-20-14)17-9-15-6-10-3-11(7-15)5-12(4-10)8-15;1-2-11(10-6-4-3-5-7-10)15-12(17)16-13-14-8-9-18-13;16-9(14-10-13-4-7-17-10)12-2-1-5-15-6-3-11-8-15;14-8(12-9-10-3-5-15-9)11-6-7-2-1-4-13-7/h1-2,10-12H,3-9H2,(H2,16,17,18,19);3-9,11H,2H2,1H3,(H2,14,15,16,17);3-4,6-8H,1-2,5H2,(H2,12,13,14,16);1-5H,6H2,(H2,10,11,12,14). The fraction of sp³-hybridized carbons (Fsp3) is 0.383. The second-order valence-electron chi connectivity index (χ2n) is 17.0. The lowest BCUT2D eigenvalue weighted by molar-refractivity contribution is -0.0490. The molecule has 0 aliphatic heterocycles. The van der Waals surface area contributed by atoms with E-state index >= 15 is 0 Å². The molecule has 0 radical (unpaired) electrons. The molecule has 4 aliphatic carbocycles. The molecule has 8 N–H and O–H groups in total. The van der Waals surface area contributed by atoms with Crippen molar-refractivity contribution in [3.05, 3.63) is 125 Å². The predicted octanol–water partition coefficient (Wildman–Crippen LogP) is 11.2. The summed E-state index contributed by atoms with van der Waals surface area (Å²) >= 11 is 27.1. The second-order valence-corrected chi connectivity index (χ2v) is 22.2. The Morgan fingerprint density at radius 3 is 1.67 bits per heavy atom. The first kappa shape index (κ1) is 52.8. The van der Waals surface area contributed by atoms with Gasteiger partial charge in [0.1, 0.15) is 5.76 Å². The molecule has 1 unspecified atom stereocenters. The first-order chi connectivity index (χ1) is 34.2. The number of furan rings is 1. The van der Waals surface area contributed by atoms with Crippen molar-refractivity contribution in [3.8, 4) is 0 Å². The molecule has 370 valence electrons. The molecule has 6 aromatic heterocycles. The highest BCUT2D eigenvalue weighted by molar-refractivity contribution is 7.81. The Kier molecular flexibility index (Phi) is 21.2. The smallest absolute Gasteiger partial charge is 0.188 e. The summed E-state index contributed by atoms with van der Waals surface area (Å²) < 4.78 is 7.20. The van der Waals surface area contributed by atoms with Crippen molar-refractivity contribution < 1.29 is 4.42 Å². The van der Waals surface area contributed by atoms with Gasteiger partial charge in [0.05, 0.1) is 25.2 Å². The van der Waals surface area contributed by atoms with Crippen LogP contribution in [0.1, 0.15) is 75.7 Å². The molecule has 4 saturated carbocycles. The molecule has 1 atom stereocenters. The van der Waals surface area contributed by atoms with Gasteiger partial charge in [-0.2, -0.15) is 0 Å². The number of hydrogen-bond donors (Lipinski definition) is 8. The molecule has 23 heteroatoms. The zero-order valence-electron chi connectivity index (χ0n) is 38.6. The van der Waals surface area contributed by atoms with E-state index in [0.717, 1.165) is 81.6 Å². The zero-order chi connectivity index (χ0) is 48.8. The van der Waals surface area contributed by atoms with Gasteiger partial charge in [0.25, 0.3) is 0 Å². The van der Waals surface area contributed by atoms with E-state index in [9.17, 15) is 0 Å². The van der Waals surface area contributed by atoms with E-state index in [-0.39, 0.29) is 6.04 Å². The fourth-order valence-electron chi connectivity index (χ4n) is 9.20. The number of aryl methyl sites for hydroxylation is 1. The van der Waals surface area contributed by atoms with Crippen LogP contribution in [0.15, 0.2) is 118 Å². The molecule has 15 nitrogen and oxygen atoms in total. The number of imidazole rings is 1. The molecule has 7 aromatic rings. The molecule has 11 rings (SSSR count). The number of rotatable bonds is 15. The molecule has 0 spiro atoms. The lowest BCUT2D eigenvalue weighted by Gasteiger charge is -2.57. The van der Waals surface area contributed by atoms with Crippen molar-refractivity contribution in [2.45, 2.75) is 77.4 Å². The maximum absolute atomic E-state index is 5.40. The highest BCUT2D eigenvalue weighted by atomic mass is 32.1. The summed E-state index contributed by atoms with van der Waals surface area (Å²) in [5, 5.41) is 38.7. The lowest BCUT2D eigenvalue weighted by Crippen LogP contribution is -2.51. The van der Waals surface area contributed by atoms with E-state index in [1.54, 1.807) is 48.6 Å². The Balaban J connectivity index is 0.000000138. The second kappa shape index (κ2) is 28.1. The Bertz CT molecular complexity index is 2500. The predicted molar refractivity (Wildman–Crippen MR) is 305 cm³/mol. The number of anilines is 4. The van der Waals surface area contributed by atoms with Gasteiger partial charge in [0.15, 0.2) is 41.0 Å². The fourth-order valence-corrected chi connectivity index (χ4v) is 12.4. The van der Waals surface area contributed by atoms with E-state index in [2.05, 4.69) is 86.5 Å². The van der Waals surface area contributed by atoms with Crippen molar-refractivity contribution in [1.29, 1.82) is 0 Å². The van der Waals surface area contributed by atoms with Crippen molar-refractivity contribution in [2.24, 2.45) is 23.2 Å². The summed E-state index contributed by atoms with van der Waals surface area (Å²) in [6.07, 6.45) is 24.9. The van der Waals surface area contributed by atoms with E-state index in [1.807, 2.05) is 68.9 Å². The third-order valence-electron chi connectivity index (χ3n) is 11.8. The normalized spacial score (nSPS) is 18.4. The van der Waals surface area contributed by atoms with Crippen molar-refractivity contribution >= 4 is 135 Å². The van der Waals surface area contributed by atoms with Crippen molar-refractivity contribution in [1.82, 2.24) is 50.8 Å². The van der Waals surface area contributed by atoms with Crippen LogP contribution in [-0.4, -0.2) is 63.0 Å². The van der Waals surface area contributed by atoms with Gasteiger partial charge in [0.2, 0.25) is 0 Å². The molecule has 4 fully saturated rings. The van der Waals surface area contributed by atoms with Gasteiger partial charge >= 0.3 is 0 Å². The number of benzene rings is 1. The monoisotopic (exact) mass is 1090 g/mol. The van der Waals surface area contributed by atoms with Gasteiger partial charge in [-0.1, -0.05) is 37.3 Å². The number of nitrogens with zero attached hydrogens (tertiary/aromatic N) is 6. The van der Waals surface area contributed by atoms with Crippen LogP contribution in [0.5, 0.6) is 0 Å². The minimum absolute atomic E-state index is 0.228. The number of thiocarbonyl (C=S) groups is 4. The summed E-state index contributed by atoms with van der Waals surface area (Å²) in [7, 11) is 0. The minimum atomic E-state index is 0.228. The summed E-state index contributed by atoms with van der Waals surface area (Å²) in [5.41, 5.74) is 1.77. The van der Waals surface area contributed by atoms with Crippen LogP contribution in [0.25, 0.3) is 0 Å². The zero-order valence-corrected chi connectivity index (χ0v) is 45.2. The third-order valence-corrected chi connectivity index (χ3v) is 15.5. The molecule has 0 saturated heterocycles. The van der Waals surface area contributed by atoms with E-state index in [1.165, 1.54) is 78.1 Å². The van der Waals surface area contributed by atoms with Gasteiger partial charge in [-0.05, 0) is 141 Å². The van der Waals surface area contributed by atoms with E-state index in [4.69, 9.17) is 53.3 Å². The van der Waals surface area contributed by atoms with Gasteiger partial charge in [-0.15, -0.1) is 45.3 Å². The summed E-state index contributed by atoms with van der Waals surface area (Å²) in [5.74, 6) is 3.86. The molecule has 70 heavy (non-hydrogen) atoms. The molecule has 4 bridgehead atoms. The highest BCUT2D eigenvalue weighted by Gasteiger charge is 2.50. The average Bonchev–Trinajstić information content (AvgIpc) is 4.22. The first-order valence-electron chi connectivity index (χ1n) is 23.0. The number of thiazole rings is 4. The Hall–Kier alpha value is -5.01. The van der Waals surface area contributed by atoms with E-state index < -0.39 is 0 Å². The Labute approximate surface area is 447 Å². The molecule has 0 amide bonds. The van der Waals surface area contributed by atoms with Gasteiger partial charge in [0, 0.05) is 78.3 Å². The van der Waals surface area contributed by atoms with Gasteiger partial charge in [-0.25, -0.2) is 24.9 Å². The lowest BCUT2D eigenvalue weighted by atomic mass is 9.49. The van der Waals surface area contributed by atoms with Gasteiger partial charge in [-0.3, -0.25) is 0 Å². The van der Waals surface area contributed by atoms with Gasteiger partial charge < -0.3 is 51.5 Å². The molecule has 4 aliphatic rings. The maximum Gasteiger partial charge on any atom is 0.188 e. The van der Waals surface area contributed by atoms with Crippen LogP contribution in [0.4, 0.5) is 20.5 Å². The van der Waals surface area contributed by atoms with Crippen molar-refractivity contribution in [2.75, 3.05) is 34.4 Å². The van der Waals surface area contributed by atoms with Crippen LogP contribution in [0.2, 0.25) is 0 Å². The topological polar surface area (TPSA) is 179 Å². The van der Waals surface area contributed by atoms with Crippen LogP contribution in [0, 0.1) is 23.2 Å². The molecular weight excluding hydrogens is 1030 g/mol. The van der Waals surface area contributed by atoms with Crippen molar-refractivity contribution in [3.63, 3.8) is 0 Å². The van der Waals surface area contributed by atoms with Crippen LogP contribution in [-0.2, 0) is 13.1 Å². The Morgan fingerprint density at radius 1 is 0.671 bits per heavy atom. The maximum atomic E-state index is 5.40. The van der Waals surface area contributed by atoms with Crippen LogP contribution in [0.3, 0.4) is 0 Å². The summed E-state index contributed by atoms with van der Waals surface area (Å²) in [4.78, 5) is 20.5. The minimum Gasteiger partial charge on any atom is -0.467 e. The number of nitrogens with one attached hydrogen (secondary N) is 8. The Morgan fingerprint density at radius 2 is 1.20 bits per heavy atom. The molecule has 1 aromatic carbocycles. The molecular formula is C47H58N14OS8. The van der Waals surface area contributed by atoms with Crippen LogP contribution >= 0.6 is 94.2 Å². The third kappa shape index (κ3) is 18.0. The quantitative estimate of drug-likeness (QED) is 0.0359. The summed E-state index contributed by atoms with van der Waals surface area (Å²) in [6.45, 7) is 5.52. The molecule has 6 heterocycles. The van der Waals surface area contributed by atoms with E-state index in [0.29, 0.717) is 27.3 Å². The van der Waals surface area contributed by atoms with Crippen LogP contribution < -0.4 is 42.5 Å². The largest absolute Gasteiger partial charge is 0.467 e. The number of aromatic nitrogens is 6. The highest BCUT2D eigenvalue weighted by Crippen LogP contribution is 2.59. The summed E-state index contributed by atoms with van der Waals surface area (Å²) in [6, 6.07) is 14.3.